The van der Waals surface area contributed by atoms with Crippen LogP contribution in [0.15, 0.2) is 91.0 Å². The monoisotopic (exact) mass is 521 g/mol. The fraction of sp³-hybridized carbons (Fsp3) is 0.125. The molecule has 0 spiro atoms. The number of nitrogens with two attached hydrogens (primary N) is 1. The van der Waals surface area contributed by atoms with E-state index in [4.69, 9.17) is 15.2 Å². The van der Waals surface area contributed by atoms with E-state index in [0.717, 1.165) is 22.3 Å². The number of rotatable bonds is 9. The summed E-state index contributed by atoms with van der Waals surface area (Å²) in [6.07, 6.45) is 1.82. The van der Waals surface area contributed by atoms with Crippen molar-refractivity contribution in [3.8, 4) is 11.5 Å². The zero-order valence-electron chi connectivity index (χ0n) is 22.2. The third kappa shape index (κ3) is 6.84. The van der Waals surface area contributed by atoms with Gasteiger partial charge in [-0.05, 0) is 66.1 Å². The third-order valence-corrected chi connectivity index (χ3v) is 6.20. The highest BCUT2D eigenvalue weighted by Gasteiger charge is 2.14. The molecule has 0 atom stereocenters. The molecule has 0 heterocycles. The fourth-order valence-corrected chi connectivity index (χ4v) is 3.98. The van der Waals surface area contributed by atoms with E-state index in [0.29, 0.717) is 40.6 Å². The van der Waals surface area contributed by atoms with Gasteiger partial charge in [-0.3, -0.25) is 9.59 Å². The molecule has 4 aromatic carbocycles. The van der Waals surface area contributed by atoms with E-state index >= 15 is 0 Å². The molecule has 4 aromatic rings. The minimum atomic E-state index is -0.261. The summed E-state index contributed by atoms with van der Waals surface area (Å²) in [7, 11) is 3.15. The maximum Gasteiger partial charge on any atom is 0.255 e. The Morgan fingerprint density at radius 3 is 2.15 bits per heavy atom. The highest BCUT2D eigenvalue weighted by Crippen LogP contribution is 2.29. The first kappa shape index (κ1) is 27.0. The Kier molecular flexibility index (Phi) is 8.64. The SMILES string of the molecule is COc1ccc(/C=C(/C(=O)NCc2ccc(C(=O)Nc3ccccc3N)cc2)c2ccc(C)cc2)cc1OC. The quantitative estimate of drug-likeness (QED) is 0.149. The largest absolute Gasteiger partial charge is 0.493 e. The van der Waals surface area contributed by atoms with E-state index in [1.807, 2.05) is 67.6 Å². The Balaban J connectivity index is 1.50. The zero-order valence-corrected chi connectivity index (χ0v) is 22.2. The lowest BCUT2D eigenvalue weighted by atomic mass is 10.0. The fourth-order valence-electron chi connectivity index (χ4n) is 3.98. The Bertz CT molecular complexity index is 1490. The van der Waals surface area contributed by atoms with Gasteiger partial charge in [-0.1, -0.05) is 60.2 Å². The van der Waals surface area contributed by atoms with Crippen molar-refractivity contribution in [2.45, 2.75) is 13.5 Å². The normalized spacial score (nSPS) is 11.0. The molecule has 7 nitrogen and oxygen atoms in total. The van der Waals surface area contributed by atoms with Crippen LogP contribution < -0.4 is 25.8 Å². The summed E-state index contributed by atoms with van der Waals surface area (Å²) >= 11 is 0. The Hall–Kier alpha value is -5.04. The molecule has 0 saturated heterocycles. The van der Waals surface area contributed by atoms with Crippen molar-refractivity contribution >= 4 is 34.8 Å². The number of hydrogen-bond donors (Lipinski definition) is 3. The molecule has 4 N–H and O–H groups in total. The number of anilines is 2. The van der Waals surface area contributed by atoms with E-state index in [1.165, 1.54) is 0 Å². The number of ether oxygens (including phenoxy) is 2. The van der Waals surface area contributed by atoms with Crippen molar-refractivity contribution in [2.75, 3.05) is 25.3 Å². The first-order valence-corrected chi connectivity index (χ1v) is 12.4. The van der Waals surface area contributed by atoms with Gasteiger partial charge in [0.15, 0.2) is 11.5 Å². The smallest absolute Gasteiger partial charge is 0.255 e. The second-order valence-corrected chi connectivity index (χ2v) is 8.96. The average molecular weight is 522 g/mol. The topological polar surface area (TPSA) is 103 Å². The van der Waals surface area contributed by atoms with E-state index in [2.05, 4.69) is 10.6 Å². The number of amides is 2. The lowest BCUT2D eigenvalue weighted by Crippen LogP contribution is -2.24. The molecule has 0 aliphatic carbocycles. The van der Waals surface area contributed by atoms with Crippen LogP contribution in [0.3, 0.4) is 0 Å². The van der Waals surface area contributed by atoms with Crippen molar-refractivity contribution in [1.29, 1.82) is 0 Å². The number of nitrogen functional groups attached to an aromatic ring is 1. The van der Waals surface area contributed by atoms with Gasteiger partial charge < -0.3 is 25.8 Å². The van der Waals surface area contributed by atoms with Crippen LogP contribution in [0.4, 0.5) is 11.4 Å². The van der Waals surface area contributed by atoms with Gasteiger partial charge in [0.2, 0.25) is 0 Å². The molecule has 0 radical (unpaired) electrons. The standard InChI is InChI=1S/C32H31N3O4/c1-21-8-13-24(14-9-21)26(18-23-12-17-29(38-2)30(19-23)39-3)32(37)34-20-22-10-15-25(16-11-22)31(36)35-28-7-5-4-6-27(28)33/h4-19H,20,33H2,1-3H3,(H,34,37)(H,35,36)/b26-18+. The number of nitrogens with one attached hydrogen (secondary N) is 2. The average Bonchev–Trinajstić information content (AvgIpc) is 2.96. The Morgan fingerprint density at radius 2 is 1.49 bits per heavy atom. The van der Waals surface area contributed by atoms with Gasteiger partial charge in [-0.2, -0.15) is 0 Å². The van der Waals surface area contributed by atoms with Gasteiger partial charge in [0.1, 0.15) is 0 Å². The minimum absolute atomic E-state index is 0.227. The maximum atomic E-state index is 13.4. The van der Waals surface area contributed by atoms with Gasteiger partial charge in [0, 0.05) is 17.7 Å². The number of methoxy groups -OCH3 is 2. The van der Waals surface area contributed by atoms with Crippen LogP contribution in [0.1, 0.15) is 32.6 Å². The number of benzene rings is 4. The van der Waals surface area contributed by atoms with Crippen LogP contribution in [0.5, 0.6) is 11.5 Å². The van der Waals surface area contributed by atoms with E-state index in [9.17, 15) is 9.59 Å². The Morgan fingerprint density at radius 1 is 0.821 bits per heavy atom. The molecular weight excluding hydrogens is 490 g/mol. The van der Waals surface area contributed by atoms with Gasteiger partial charge in [0.05, 0.1) is 25.6 Å². The lowest BCUT2D eigenvalue weighted by molar-refractivity contribution is -0.115. The van der Waals surface area contributed by atoms with Gasteiger partial charge in [-0.15, -0.1) is 0 Å². The first-order chi connectivity index (χ1) is 18.9. The molecule has 4 rings (SSSR count). The van der Waals surface area contributed by atoms with E-state index in [1.54, 1.807) is 50.6 Å². The van der Waals surface area contributed by atoms with Crippen LogP contribution in [0.25, 0.3) is 11.6 Å². The van der Waals surface area contributed by atoms with E-state index in [-0.39, 0.29) is 11.8 Å². The molecule has 0 saturated carbocycles. The second-order valence-electron chi connectivity index (χ2n) is 8.96. The number of hydrogen-bond acceptors (Lipinski definition) is 5. The molecule has 7 heteroatoms. The number of carbonyl (C=O) groups is 2. The summed E-state index contributed by atoms with van der Waals surface area (Å²) < 4.78 is 10.8. The third-order valence-electron chi connectivity index (χ3n) is 6.20. The predicted molar refractivity (Wildman–Crippen MR) is 156 cm³/mol. The van der Waals surface area contributed by atoms with Crippen molar-refractivity contribution in [2.24, 2.45) is 0 Å². The van der Waals surface area contributed by atoms with Crippen molar-refractivity contribution in [1.82, 2.24) is 5.32 Å². The van der Waals surface area contributed by atoms with Gasteiger partial charge in [-0.25, -0.2) is 0 Å². The van der Waals surface area contributed by atoms with Crippen LogP contribution in [0, 0.1) is 6.92 Å². The lowest BCUT2D eigenvalue weighted by Gasteiger charge is -2.12. The van der Waals surface area contributed by atoms with E-state index < -0.39 is 0 Å². The van der Waals surface area contributed by atoms with Crippen molar-refractivity contribution in [3.63, 3.8) is 0 Å². The Labute approximate surface area is 228 Å². The maximum absolute atomic E-state index is 13.4. The van der Waals surface area contributed by atoms with Crippen LogP contribution >= 0.6 is 0 Å². The highest BCUT2D eigenvalue weighted by molar-refractivity contribution is 6.24. The summed E-state index contributed by atoms with van der Waals surface area (Å²) in [6.45, 7) is 2.29. The molecule has 0 bridgehead atoms. The molecule has 0 unspecified atom stereocenters. The van der Waals surface area contributed by atoms with Gasteiger partial charge >= 0.3 is 0 Å². The molecule has 0 fully saturated rings. The van der Waals surface area contributed by atoms with Crippen molar-refractivity contribution in [3.05, 3.63) is 119 Å². The molecule has 39 heavy (non-hydrogen) atoms. The summed E-state index contributed by atoms with van der Waals surface area (Å²) in [5.41, 5.74) is 11.5. The van der Waals surface area contributed by atoms with Crippen molar-refractivity contribution < 1.29 is 19.1 Å². The number of aryl methyl sites for hydroxylation is 1. The summed E-state index contributed by atoms with van der Waals surface area (Å²) in [5.74, 6) is 0.701. The number of para-hydroxylation sites is 2. The molecular formula is C32H31N3O4. The molecule has 0 aromatic heterocycles. The molecule has 0 aliphatic heterocycles. The first-order valence-electron chi connectivity index (χ1n) is 12.4. The summed E-state index contributed by atoms with van der Waals surface area (Å²) in [5, 5.41) is 5.81. The van der Waals surface area contributed by atoms with Crippen LogP contribution in [-0.2, 0) is 11.3 Å². The van der Waals surface area contributed by atoms with Gasteiger partial charge in [0.25, 0.3) is 11.8 Å². The molecule has 198 valence electrons. The van der Waals surface area contributed by atoms with Crippen LogP contribution in [0.2, 0.25) is 0 Å². The summed E-state index contributed by atoms with van der Waals surface area (Å²) in [4.78, 5) is 26.0. The minimum Gasteiger partial charge on any atom is -0.493 e. The highest BCUT2D eigenvalue weighted by atomic mass is 16.5. The van der Waals surface area contributed by atoms with Crippen LogP contribution in [-0.4, -0.2) is 26.0 Å². The number of carbonyl (C=O) groups excluding carboxylic acids is 2. The zero-order chi connectivity index (χ0) is 27.8. The summed E-state index contributed by atoms with van der Waals surface area (Å²) in [6, 6.07) is 27.4. The predicted octanol–water partition coefficient (Wildman–Crippen LogP) is 5.70. The molecule has 2 amide bonds. The molecule has 0 aliphatic rings. The second kappa shape index (κ2) is 12.5.